The van der Waals surface area contributed by atoms with E-state index in [0.717, 1.165) is 50.5 Å². The molecule has 1 saturated heterocycles. The van der Waals surface area contributed by atoms with E-state index in [1.165, 1.54) is 5.56 Å². The number of benzene rings is 2. The lowest BCUT2D eigenvalue weighted by Crippen LogP contribution is -2.52. The molecule has 29 heavy (non-hydrogen) atoms. The van der Waals surface area contributed by atoms with Crippen molar-refractivity contribution in [2.75, 3.05) is 62.7 Å². The van der Waals surface area contributed by atoms with Gasteiger partial charge < -0.3 is 9.80 Å². The summed E-state index contributed by atoms with van der Waals surface area (Å²) in [5, 5.41) is 0. The Labute approximate surface area is 172 Å². The monoisotopic (exact) mass is 392 g/mol. The number of fused-ring (bicyclic) bond motifs is 1. The van der Waals surface area contributed by atoms with E-state index in [-0.39, 0.29) is 11.8 Å². The third-order valence-corrected chi connectivity index (χ3v) is 5.89. The summed E-state index contributed by atoms with van der Waals surface area (Å²) in [6, 6.07) is 17.9. The number of hydrogen-bond acceptors (Lipinski definition) is 4. The van der Waals surface area contributed by atoms with Gasteiger partial charge in [-0.3, -0.25) is 19.4 Å². The molecule has 0 atom stereocenters. The zero-order valence-electron chi connectivity index (χ0n) is 17.0. The maximum Gasteiger partial charge on any atom is 0.241 e. The second kappa shape index (κ2) is 8.76. The van der Waals surface area contributed by atoms with Crippen molar-refractivity contribution in [2.24, 2.45) is 0 Å². The lowest BCUT2D eigenvalue weighted by molar-refractivity contribution is -0.122. The molecule has 152 valence electrons. The topological polar surface area (TPSA) is 47.1 Å². The molecule has 0 spiro atoms. The number of likely N-dealkylation sites (N-methyl/N-ethyl adjacent to an activating group) is 1. The average Bonchev–Trinajstić information content (AvgIpc) is 3.19. The number of hydrogen-bond donors (Lipinski definition) is 0. The van der Waals surface area contributed by atoms with Crippen LogP contribution in [0.5, 0.6) is 0 Å². The summed E-state index contributed by atoms with van der Waals surface area (Å²) in [6.07, 6.45) is 0.937. The van der Waals surface area contributed by atoms with Crippen LogP contribution in [0.1, 0.15) is 5.56 Å². The summed E-state index contributed by atoms with van der Waals surface area (Å²) in [5.74, 6) is 0.262. The fourth-order valence-electron chi connectivity index (χ4n) is 4.07. The van der Waals surface area contributed by atoms with E-state index < -0.39 is 0 Å². The van der Waals surface area contributed by atoms with Crippen LogP contribution >= 0.6 is 0 Å². The summed E-state index contributed by atoms with van der Waals surface area (Å²) >= 11 is 0. The van der Waals surface area contributed by atoms with Gasteiger partial charge in [-0.05, 0) is 30.2 Å². The number of para-hydroxylation sites is 2. The van der Waals surface area contributed by atoms with E-state index in [1.54, 1.807) is 4.90 Å². The Morgan fingerprint density at radius 3 is 2.17 bits per heavy atom. The quantitative estimate of drug-likeness (QED) is 0.779. The van der Waals surface area contributed by atoms with Gasteiger partial charge in [0.15, 0.2) is 0 Å². The minimum atomic E-state index is 0.0920. The standard InChI is InChI=1S/C23H28N4O2/c1-24(20-8-3-2-4-9-20)22(28)17-25-13-15-26(16-14-25)18-23(29)27-12-11-19-7-5-6-10-21(19)27/h2-10H,11-18H2,1H3. The van der Waals surface area contributed by atoms with Gasteiger partial charge in [-0.15, -0.1) is 0 Å². The normalized spacial score (nSPS) is 17.2. The van der Waals surface area contributed by atoms with Crippen LogP contribution in [-0.4, -0.2) is 74.5 Å². The van der Waals surface area contributed by atoms with Crippen molar-refractivity contribution < 1.29 is 9.59 Å². The van der Waals surface area contributed by atoms with Gasteiger partial charge in [0.1, 0.15) is 0 Å². The summed E-state index contributed by atoms with van der Waals surface area (Å²) in [7, 11) is 1.82. The van der Waals surface area contributed by atoms with Crippen molar-refractivity contribution in [1.29, 1.82) is 0 Å². The van der Waals surface area contributed by atoms with Crippen molar-refractivity contribution in [3.63, 3.8) is 0 Å². The summed E-state index contributed by atoms with van der Waals surface area (Å²) < 4.78 is 0. The first-order valence-corrected chi connectivity index (χ1v) is 10.3. The molecule has 2 heterocycles. The smallest absolute Gasteiger partial charge is 0.241 e. The molecule has 0 saturated carbocycles. The number of anilines is 2. The second-order valence-corrected chi connectivity index (χ2v) is 7.76. The van der Waals surface area contributed by atoms with E-state index in [2.05, 4.69) is 15.9 Å². The molecule has 6 heteroatoms. The third-order valence-electron chi connectivity index (χ3n) is 5.89. The minimum Gasteiger partial charge on any atom is -0.314 e. The molecule has 2 aromatic rings. The molecular weight excluding hydrogens is 364 g/mol. The molecule has 0 aromatic heterocycles. The highest BCUT2D eigenvalue weighted by Crippen LogP contribution is 2.27. The van der Waals surface area contributed by atoms with Crippen LogP contribution in [0.15, 0.2) is 54.6 Å². The molecule has 6 nitrogen and oxygen atoms in total. The summed E-state index contributed by atoms with van der Waals surface area (Å²) in [6.45, 7) is 4.86. The fraction of sp³-hybridized carbons (Fsp3) is 0.391. The van der Waals surface area contributed by atoms with E-state index in [0.29, 0.717) is 13.1 Å². The van der Waals surface area contributed by atoms with Crippen LogP contribution < -0.4 is 9.80 Å². The number of carbonyl (C=O) groups is 2. The Morgan fingerprint density at radius 1 is 0.828 bits per heavy atom. The van der Waals surface area contributed by atoms with Gasteiger partial charge >= 0.3 is 0 Å². The Balaban J connectivity index is 1.25. The molecule has 0 unspecified atom stereocenters. The first kappa shape index (κ1) is 19.6. The van der Waals surface area contributed by atoms with E-state index >= 15 is 0 Å². The fourth-order valence-corrected chi connectivity index (χ4v) is 4.07. The van der Waals surface area contributed by atoms with Crippen LogP contribution in [0.25, 0.3) is 0 Å². The van der Waals surface area contributed by atoms with E-state index in [9.17, 15) is 9.59 Å². The molecule has 0 bridgehead atoms. The number of rotatable bonds is 5. The van der Waals surface area contributed by atoms with E-state index in [1.807, 2.05) is 60.5 Å². The molecule has 0 N–H and O–H groups in total. The SMILES string of the molecule is CN(C(=O)CN1CCN(CC(=O)N2CCc3ccccc32)CC1)c1ccccc1. The van der Waals surface area contributed by atoms with Crippen LogP contribution in [-0.2, 0) is 16.0 Å². The predicted octanol–water partition coefficient (Wildman–Crippen LogP) is 1.86. The Hall–Kier alpha value is -2.70. The minimum absolute atomic E-state index is 0.0920. The number of carbonyl (C=O) groups excluding carboxylic acids is 2. The number of nitrogens with zero attached hydrogens (tertiary/aromatic N) is 4. The Bertz CT molecular complexity index is 862. The molecule has 1 fully saturated rings. The predicted molar refractivity (Wildman–Crippen MR) is 115 cm³/mol. The Morgan fingerprint density at radius 2 is 1.45 bits per heavy atom. The number of piperazine rings is 1. The maximum atomic E-state index is 12.8. The zero-order valence-corrected chi connectivity index (χ0v) is 17.0. The first-order valence-electron chi connectivity index (χ1n) is 10.3. The van der Waals surface area contributed by atoms with Crippen molar-refractivity contribution in [3.8, 4) is 0 Å². The highest BCUT2D eigenvalue weighted by atomic mass is 16.2. The van der Waals surface area contributed by atoms with Gasteiger partial charge in [0.05, 0.1) is 13.1 Å². The van der Waals surface area contributed by atoms with Crippen LogP contribution in [0.2, 0.25) is 0 Å². The van der Waals surface area contributed by atoms with Crippen LogP contribution in [0, 0.1) is 0 Å². The molecule has 2 aliphatic heterocycles. The first-order chi connectivity index (χ1) is 14.1. The van der Waals surface area contributed by atoms with Gasteiger partial charge in [0.2, 0.25) is 11.8 Å². The largest absolute Gasteiger partial charge is 0.314 e. The van der Waals surface area contributed by atoms with Crippen LogP contribution in [0.3, 0.4) is 0 Å². The summed E-state index contributed by atoms with van der Waals surface area (Å²) in [5.41, 5.74) is 3.23. The van der Waals surface area contributed by atoms with Crippen LogP contribution in [0.4, 0.5) is 11.4 Å². The molecular formula is C23H28N4O2. The number of amides is 2. The lowest BCUT2D eigenvalue weighted by Gasteiger charge is -2.35. The van der Waals surface area contributed by atoms with Gasteiger partial charge in [0.25, 0.3) is 0 Å². The highest BCUT2D eigenvalue weighted by Gasteiger charge is 2.27. The summed E-state index contributed by atoms with van der Waals surface area (Å²) in [4.78, 5) is 33.4. The molecule has 2 amide bonds. The van der Waals surface area contributed by atoms with Crippen molar-refractivity contribution in [1.82, 2.24) is 9.80 Å². The zero-order chi connectivity index (χ0) is 20.2. The van der Waals surface area contributed by atoms with E-state index in [4.69, 9.17) is 0 Å². The second-order valence-electron chi connectivity index (χ2n) is 7.76. The van der Waals surface area contributed by atoms with Gasteiger partial charge in [-0.1, -0.05) is 36.4 Å². The van der Waals surface area contributed by atoms with Crippen molar-refractivity contribution >= 4 is 23.2 Å². The highest BCUT2D eigenvalue weighted by molar-refractivity contribution is 5.97. The van der Waals surface area contributed by atoms with Gasteiger partial charge in [-0.25, -0.2) is 0 Å². The maximum absolute atomic E-state index is 12.8. The lowest BCUT2D eigenvalue weighted by atomic mass is 10.2. The molecule has 2 aliphatic rings. The van der Waals surface area contributed by atoms with Crippen molar-refractivity contribution in [2.45, 2.75) is 6.42 Å². The molecule has 0 aliphatic carbocycles. The molecule has 2 aromatic carbocycles. The van der Waals surface area contributed by atoms with Gasteiger partial charge in [-0.2, -0.15) is 0 Å². The average molecular weight is 393 g/mol. The molecule has 0 radical (unpaired) electrons. The molecule has 4 rings (SSSR count). The van der Waals surface area contributed by atoms with Crippen molar-refractivity contribution in [3.05, 3.63) is 60.2 Å². The van der Waals surface area contributed by atoms with Gasteiger partial charge in [0, 0.05) is 51.1 Å². The Kier molecular flexibility index (Phi) is 5.92. The third kappa shape index (κ3) is 4.49.